The van der Waals surface area contributed by atoms with Crippen molar-refractivity contribution in [3.63, 3.8) is 0 Å². The van der Waals surface area contributed by atoms with E-state index in [9.17, 15) is 8.78 Å². The number of hydrogen-bond acceptors (Lipinski definition) is 6. The Morgan fingerprint density at radius 1 is 1.18 bits per heavy atom. The topological polar surface area (TPSA) is 43.6 Å². The highest BCUT2D eigenvalue weighted by Crippen LogP contribution is 2.32. The zero-order valence-electron chi connectivity index (χ0n) is 11.6. The number of nitrogens with zero attached hydrogens (tertiary/aromatic N) is 4. The molecule has 0 amide bonds. The van der Waals surface area contributed by atoms with E-state index in [1.807, 2.05) is 6.92 Å². The van der Waals surface area contributed by atoms with Crippen LogP contribution in [0.5, 0.6) is 0 Å². The van der Waals surface area contributed by atoms with E-state index in [2.05, 4.69) is 15.2 Å². The molecule has 0 fully saturated rings. The summed E-state index contributed by atoms with van der Waals surface area (Å²) in [6, 6.07) is 6.92. The van der Waals surface area contributed by atoms with Gasteiger partial charge in [-0.25, -0.2) is 4.98 Å². The zero-order valence-corrected chi connectivity index (χ0v) is 14.0. The molecule has 116 valence electrons. The molecule has 9 heteroatoms. The first-order valence-electron chi connectivity index (χ1n) is 6.52. The number of thioether (sulfide) groups is 2. The van der Waals surface area contributed by atoms with Gasteiger partial charge in [0.05, 0.1) is 16.8 Å². The third kappa shape index (κ3) is 3.26. The quantitative estimate of drug-likeness (QED) is 0.598. The summed E-state index contributed by atoms with van der Waals surface area (Å²) >= 11 is 4.48. The summed E-state index contributed by atoms with van der Waals surface area (Å²) in [6.45, 7) is -0.562. The van der Waals surface area contributed by atoms with Gasteiger partial charge in [0.25, 0.3) is 0 Å². The lowest BCUT2D eigenvalue weighted by Gasteiger charge is -2.06. The van der Waals surface area contributed by atoms with Gasteiger partial charge < -0.3 is 0 Å². The van der Waals surface area contributed by atoms with Crippen molar-refractivity contribution in [1.29, 1.82) is 0 Å². The predicted octanol–water partition coefficient (Wildman–Crippen LogP) is 4.69. The van der Waals surface area contributed by atoms with Gasteiger partial charge in [0, 0.05) is 0 Å². The highest BCUT2D eigenvalue weighted by Gasteiger charge is 2.18. The van der Waals surface area contributed by atoms with Crippen LogP contribution in [0.15, 0.2) is 32.9 Å². The molecule has 0 atom stereocenters. The van der Waals surface area contributed by atoms with E-state index in [0.29, 0.717) is 22.6 Å². The third-order valence-corrected chi connectivity index (χ3v) is 5.91. The molecule has 1 aromatic carbocycles. The Kier molecular flexibility index (Phi) is 4.94. The van der Waals surface area contributed by atoms with Crippen molar-refractivity contribution < 1.29 is 8.78 Å². The second-order valence-electron chi connectivity index (χ2n) is 4.22. The van der Waals surface area contributed by atoms with E-state index < -0.39 is 6.55 Å². The Balaban J connectivity index is 1.82. The summed E-state index contributed by atoms with van der Waals surface area (Å²) in [4.78, 5) is 4.31. The van der Waals surface area contributed by atoms with Crippen molar-refractivity contribution in [2.45, 2.75) is 27.9 Å². The van der Waals surface area contributed by atoms with Gasteiger partial charge in [-0.3, -0.25) is 4.57 Å². The summed E-state index contributed by atoms with van der Waals surface area (Å²) in [5, 5.41) is 8.12. The van der Waals surface area contributed by atoms with Crippen LogP contribution in [0.25, 0.3) is 11.0 Å². The van der Waals surface area contributed by atoms with Crippen LogP contribution in [0.4, 0.5) is 8.78 Å². The molecule has 0 bridgehead atoms. The van der Waals surface area contributed by atoms with Crippen LogP contribution >= 0.6 is 34.9 Å². The van der Waals surface area contributed by atoms with Crippen molar-refractivity contribution in [2.24, 2.45) is 0 Å². The molecule has 0 N–H and O–H groups in total. The Labute approximate surface area is 138 Å². The van der Waals surface area contributed by atoms with Gasteiger partial charge in [-0.15, -0.1) is 10.2 Å². The maximum Gasteiger partial charge on any atom is 0.320 e. The van der Waals surface area contributed by atoms with Crippen molar-refractivity contribution in [3.8, 4) is 0 Å². The fraction of sp³-hybridized carbons (Fsp3) is 0.308. The summed E-state index contributed by atoms with van der Waals surface area (Å²) in [6.07, 6.45) is 0. The molecule has 2 aromatic heterocycles. The molecule has 2 heterocycles. The highest BCUT2D eigenvalue weighted by molar-refractivity contribution is 8.02. The summed E-state index contributed by atoms with van der Waals surface area (Å²) < 4.78 is 29.3. The van der Waals surface area contributed by atoms with Crippen molar-refractivity contribution in [2.75, 3.05) is 5.75 Å². The van der Waals surface area contributed by atoms with Gasteiger partial charge >= 0.3 is 6.55 Å². The first-order chi connectivity index (χ1) is 10.7. The molecule has 0 spiro atoms. The Hall–Kier alpha value is -1.19. The second kappa shape index (κ2) is 6.93. The first kappa shape index (κ1) is 15.7. The van der Waals surface area contributed by atoms with Gasteiger partial charge in [0.1, 0.15) is 5.82 Å². The molecular weight excluding hydrogens is 346 g/mol. The number of aromatic nitrogens is 4. The van der Waals surface area contributed by atoms with E-state index in [-0.39, 0.29) is 0 Å². The number of halogens is 2. The van der Waals surface area contributed by atoms with Crippen LogP contribution in [-0.4, -0.2) is 25.5 Å². The van der Waals surface area contributed by atoms with E-state index >= 15 is 0 Å². The van der Waals surface area contributed by atoms with Gasteiger partial charge in [-0.05, 0) is 17.9 Å². The van der Waals surface area contributed by atoms with Crippen LogP contribution in [0.2, 0.25) is 0 Å². The summed E-state index contributed by atoms with van der Waals surface area (Å²) in [5.41, 5.74) is 1.03. The van der Waals surface area contributed by atoms with Crippen molar-refractivity contribution in [1.82, 2.24) is 19.7 Å². The summed E-state index contributed by atoms with van der Waals surface area (Å²) in [5.74, 6) is 1.62. The number of alkyl halides is 2. The highest BCUT2D eigenvalue weighted by atomic mass is 32.2. The van der Waals surface area contributed by atoms with Crippen LogP contribution in [0.1, 0.15) is 19.3 Å². The Bertz CT molecular complexity index is 772. The Morgan fingerprint density at radius 2 is 1.91 bits per heavy atom. The molecule has 0 unspecified atom stereocenters. The lowest BCUT2D eigenvalue weighted by molar-refractivity contribution is 0.0722. The molecule has 0 saturated carbocycles. The fourth-order valence-corrected chi connectivity index (χ4v) is 4.82. The molecule has 0 aliphatic heterocycles. The van der Waals surface area contributed by atoms with Crippen LogP contribution < -0.4 is 0 Å². The van der Waals surface area contributed by atoms with E-state index in [0.717, 1.165) is 19.0 Å². The zero-order chi connectivity index (χ0) is 15.5. The molecule has 0 radical (unpaired) electrons. The standard InChI is InChI=1S/C13H12F2N4S3/c1-2-20-12-17-18-13(22-12)21-7-10-16-8-5-3-4-6-9(8)19(10)11(14)15/h3-6,11H,2,7H2,1H3. The van der Waals surface area contributed by atoms with Gasteiger partial charge in [-0.1, -0.05) is 53.9 Å². The second-order valence-corrected chi connectivity index (χ2v) is 7.93. The average molecular weight is 358 g/mol. The minimum atomic E-state index is -2.61. The summed E-state index contributed by atoms with van der Waals surface area (Å²) in [7, 11) is 0. The molecular formula is C13H12F2N4S3. The monoisotopic (exact) mass is 358 g/mol. The maximum atomic E-state index is 13.3. The van der Waals surface area contributed by atoms with Gasteiger partial charge in [0.2, 0.25) is 0 Å². The van der Waals surface area contributed by atoms with Crippen LogP contribution in [-0.2, 0) is 5.75 Å². The fourth-order valence-electron chi connectivity index (χ4n) is 1.98. The number of benzene rings is 1. The van der Waals surface area contributed by atoms with Gasteiger partial charge in [0.15, 0.2) is 8.68 Å². The number of rotatable bonds is 6. The molecule has 0 aliphatic carbocycles. The van der Waals surface area contributed by atoms with E-state index in [1.54, 1.807) is 36.0 Å². The number of imidazole rings is 1. The van der Waals surface area contributed by atoms with Crippen molar-refractivity contribution in [3.05, 3.63) is 30.1 Å². The van der Waals surface area contributed by atoms with Crippen LogP contribution in [0.3, 0.4) is 0 Å². The van der Waals surface area contributed by atoms with Crippen molar-refractivity contribution >= 4 is 45.9 Å². The lowest BCUT2D eigenvalue weighted by atomic mass is 10.3. The van der Waals surface area contributed by atoms with Gasteiger partial charge in [-0.2, -0.15) is 8.78 Å². The molecule has 0 aliphatic rings. The largest absolute Gasteiger partial charge is 0.320 e. The first-order valence-corrected chi connectivity index (χ1v) is 9.31. The van der Waals surface area contributed by atoms with E-state index in [4.69, 9.17) is 0 Å². The average Bonchev–Trinajstić information content (AvgIpc) is 3.09. The molecule has 3 aromatic rings. The minimum Gasteiger partial charge on any atom is -0.269 e. The number of para-hydroxylation sites is 2. The third-order valence-electron chi connectivity index (χ3n) is 2.84. The smallest absolute Gasteiger partial charge is 0.269 e. The SMILES string of the molecule is CCSc1nnc(SCc2nc3ccccc3n2C(F)F)s1. The molecule has 3 rings (SSSR count). The predicted molar refractivity (Wildman–Crippen MR) is 86.9 cm³/mol. The lowest BCUT2D eigenvalue weighted by Crippen LogP contribution is -2.03. The Morgan fingerprint density at radius 3 is 2.64 bits per heavy atom. The van der Waals surface area contributed by atoms with Crippen LogP contribution in [0, 0.1) is 0 Å². The van der Waals surface area contributed by atoms with E-state index in [1.165, 1.54) is 23.1 Å². The maximum absolute atomic E-state index is 13.3. The number of fused-ring (bicyclic) bond motifs is 1. The molecule has 4 nitrogen and oxygen atoms in total. The normalized spacial score (nSPS) is 11.6. The molecule has 0 saturated heterocycles. The number of hydrogen-bond donors (Lipinski definition) is 0. The minimum absolute atomic E-state index is 0.338. The molecule has 22 heavy (non-hydrogen) atoms.